The lowest BCUT2D eigenvalue weighted by Gasteiger charge is -2.07. The minimum absolute atomic E-state index is 0.0602. The van der Waals surface area contributed by atoms with Gasteiger partial charge >= 0.3 is 0 Å². The summed E-state index contributed by atoms with van der Waals surface area (Å²) < 4.78 is 0. The van der Waals surface area contributed by atoms with Gasteiger partial charge in [-0.25, -0.2) is 0 Å². The largest absolute Gasteiger partial charge is 0.366 e. The molecule has 0 spiro atoms. The van der Waals surface area contributed by atoms with E-state index in [0.717, 1.165) is 12.8 Å². The fourth-order valence-electron chi connectivity index (χ4n) is 1.74. The van der Waals surface area contributed by atoms with E-state index in [0.29, 0.717) is 24.2 Å². The molecule has 0 bridgehead atoms. The van der Waals surface area contributed by atoms with Gasteiger partial charge < -0.3 is 16.4 Å². The summed E-state index contributed by atoms with van der Waals surface area (Å²) in [7, 11) is 0. The molecule has 0 saturated heterocycles. The molecular formula is C14H17N3O3. The minimum Gasteiger partial charge on any atom is -0.366 e. The van der Waals surface area contributed by atoms with Crippen molar-refractivity contribution in [1.29, 1.82) is 0 Å². The van der Waals surface area contributed by atoms with E-state index in [-0.39, 0.29) is 17.7 Å². The van der Waals surface area contributed by atoms with Gasteiger partial charge in [0, 0.05) is 30.1 Å². The molecular weight excluding hydrogens is 258 g/mol. The Hall–Kier alpha value is -2.37. The Morgan fingerprint density at radius 2 is 1.55 bits per heavy atom. The van der Waals surface area contributed by atoms with Crippen LogP contribution in [0.2, 0.25) is 0 Å². The molecule has 1 aliphatic carbocycles. The van der Waals surface area contributed by atoms with E-state index in [1.807, 2.05) is 0 Å². The van der Waals surface area contributed by atoms with Crippen LogP contribution in [0, 0.1) is 5.92 Å². The number of hydrogen-bond donors (Lipinski definition) is 3. The number of carbonyl (C=O) groups excluding carboxylic acids is 3. The highest BCUT2D eigenvalue weighted by Gasteiger charge is 2.28. The predicted molar refractivity (Wildman–Crippen MR) is 73.0 cm³/mol. The summed E-state index contributed by atoms with van der Waals surface area (Å²) in [6, 6.07) is 6.09. The molecule has 2 rings (SSSR count). The number of nitrogens with two attached hydrogens (primary N) is 1. The zero-order valence-electron chi connectivity index (χ0n) is 11.0. The zero-order chi connectivity index (χ0) is 14.5. The molecule has 1 fully saturated rings. The summed E-state index contributed by atoms with van der Waals surface area (Å²) in [4.78, 5) is 34.0. The molecule has 4 N–H and O–H groups in total. The Bertz CT molecular complexity index is 521. The molecule has 3 amide bonds. The van der Waals surface area contributed by atoms with Crippen LogP contribution in [0.4, 0.5) is 0 Å². The standard InChI is InChI=1S/C14H17N3O3/c15-12(18)9-1-3-10(4-2-9)13(19)16-7-8-17-14(20)11-5-6-11/h1-4,11H,5-8H2,(H2,15,18)(H,16,19)(H,17,20). The summed E-state index contributed by atoms with van der Waals surface area (Å²) in [5.41, 5.74) is 5.92. The number of hydrogen-bond acceptors (Lipinski definition) is 3. The second-order valence-electron chi connectivity index (χ2n) is 4.76. The molecule has 0 heterocycles. The van der Waals surface area contributed by atoms with Crippen LogP contribution < -0.4 is 16.4 Å². The first kappa shape index (κ1) is 14.0. The van der Waals surface area contributed by atoms with Gasteiger partial charge in [0.2, 0.25) is 11.8 Å². The highest BCUT2D eigenvalue weighted by molar-refractivity contribution is 5.97. The number of amides is 3. The summed E-state index contributed by atoms with van der Waals surface area (Å²) in [6.45, 7) is 0.787. The maximum Gasteiger partial charge on any atom is 0.251 e. The van der Waals surface area contributed by atoms with E-state index in [1.165, 1.54) is 24.3 Å². The van der Waals surface area contributed by atoms with E-state index in [1.54, 1.807) is 0 Å². The Balaban J connectivity index is 1.73. The van der Waals surface area contributed by atoms with Crippen LogP contribution >= 0.6 is 0 Å². The van der Waals surface area contributed by atoms with E-state index in [9.17, 15) is 14.4 Å². The van der Waals surface area contributed by atoms with Gasteiger partial charge in [0.25, 0.3) is 5.91 Å². The molecule has 1 saturated carbocycles. The lowest BCUT2D eigenvalue weighted by molar-refractivity contribution is -0.122. The van der Waals surface area contributed by atoms with E-state index in [4.69, 9.17) is 5.73 Å². The fraction of sp³-hybridized carbons (Fsp3) is 0.357. The first-order valence-corrected chi connectivity index (χ1v) is 6.53. The third kappa shape index (κ3) is 3.81. The summed E-state index contributed by atoms with van der Waals surface area (Å²) in [6.07, 6.45) is 1.93. The molecule has 6 heteroatoms. The van der Waals surface area contributed by atoms with Crippen LogP contribution in [0.25, 0.3) is 0 Å². The first-order valence-electron chi connectivity index (χ1n) is 6.53. The normalized spacial score (nSPS) is 13.6. The summed E-state index contributed by atoms with van der Waals surface area (Å²) in [5.74, 6) is -0.543. The number of primary amides is 1. The topological polar surface area (TPSA) is 101 Å². The van der Waals surface area contributed by atoms with Crippen molar-refractivity contribution in [3.8, 4) is 0 Å². The van der Waals surface area contributed by atoms with Crippen LogP contribution in [0.15, 0.2) is 24.3 Å². The number of benzene rings is 1. The molecule has 0 aliphatic heterocycles. The number of carbonyl (C=O) groups is 3. The first-order chi connectivity index (χ1) is 9.58. The van der Waals surface area contributed by atoms with Gasteiger partial charge in [-0.2, -0.15) is 0 Å². The predicted octanol–water partition coefficient (Wildman–Crippen LogP) is 0.0415. The lowest BCUT2D eigenvalue weighted by Crippen LogP contribution is -2.35. The number of nitrogens with one attached hydrogen (secondary N) is 2. The lowest BCUT2D eigenvalue weighted by atomic mass is 10.1. The molecule has 106 valence electrons. The Labute approximate surface area is 116 Å². The molecule has 1 aromatic carbocycles. The zero-order valence-corrected chi connectivity index (χ0v) is 11.0. The van der Waals surface area contributed by atoms with Crippen LogP contribution in [0.5, 0.6) is 0 Å². The van der Waals surface area contributed by atoms with Crippen molar-refractivity contribution in [2.24, 2.45) is 11.7 Å². The van der Waals surface area contributed by atoms with Gasteiger partial charge in [0.15, 0.2) is 0 Å². The van der Waals surface area contributed by atoms with Crippen LogP contribution in [0.1, 0.15) is 33.6 Å². The van der Waals surface area contributed by atoms with E-state index >= 15 is 0 Å². The number of rotatable bonds is 6. The maximum atomic E-state index is 11.8. The minimum atomic E-state index is -0.528. The van der Waals surface area contributed by atoms with Crippen molar-refractivity contribution in [3.63, 3.8) is 0 Å². The molecule has 0 radical (unpaired) electrons. The molecule has 0 aromatic heterocycles. The van der Waals surface area contributed by atoms with E-state index in [2.05, 4.69) is 10.6 Å². The maximum absolute atomic E-state index is 11.8. The molecule has 6 nitrogen and oxygen atoms in total. The van der Waals surface area contributed by atoms with Crippen molar-refractivity contribution in [2.75, 3.05) is 13.1 Å². The Kier molecular flexibility index (Phi) is 4.34. The van der Waals surface area contributed by atoms with Crippen LogP contribution in [-0.4, -0.2) is 30.8 Å². The van der Waals surface area contributed by atoms with Crippen molar-refractivity contribution in [1.82, 2.24) is 10.6 Å². The van der Waals surface area contributed by atoms with Gasteiger partial charge in [-0.3, -0.25) is 14.4 Å². The van der Waals surface area contributed by atoms with Gasteiger partial charge in [-0.15, -0.1) is 0 Å². The Morgan fingerprint density at radius 3 is 2.10 bits per heavy atom. The van der Waals surface area contributed by atoms with Crippen molar-refractivity contribution in [3.05, 3.63) is 35.4 Å². The van der Waals surface area contributed by atoms with Gasteiger partial charge in [0.05, 0.1) is 0 Å². The quantitative estimate of drug-likeness (QED) is 0.639. The van der Waals surface area contributed by atoms with E-state index < -0.39 is 5.91 Å². The summed E-state index contributed by atoms with van der Waals surface area (Å²) >= 11 is 0. The van der Waals surface area contributed by atoms with Crippen molar-refractivity contribution >= 4 is 17.7 Å². The highest BCUT2D eigenvalue weighted by atomic mass is 16.2. The average Bonchev–Trinajstić information content (AvgIpc) is 3.27. The third-order valence-corrected chi connectivity index (χ3v) is 3.09. The Morgan fingerprint density at radius 1 is 1.00 bits per heavy atom. The molecule has 1 aliphatic rings. The molecule has 20 heavy (non-hydrogen) atoms. The second-order valence-corrected chi connectivity index (χ2v) is 4.76. The van der Waals surface area contributed by atoms with Crippen molar-refractivity contribution in [2.45, 2.75) is 12.8 Å². The smallest absolute Gasteiger partial charge is 0.251 e. The average molecular weight is 275 g/mol. The molecule has 0 atom stereocenters. The molecule has 1 aromatic rings. The fourth-order valence-corrected chi connectivity index (χ4v) is 1.74. The SMILES string of the molecule is NC(=O)c1ccc(C(=O)NCCNC(=O)C2CC2)cc1. The molecule has 0 unspecified atom stereocenters. The van der Waals surface area contributed by atoms with Crippen LogP contribution in [0.3, 0.4) is 0 Å². The highest BCUT2D eigenvalue weighted by Crippen LogP contribution is 2.28. The van der Waals surface area contributed by atoms with Gasteiger partial charge in [0.1, 0.15) is 0 Å². The van der Waals surface area contributed by atoms with Crippen molar-refractivity contribution < 1.29 is 14.4 Å². The van der Waals surface area contributed by atoms with Crippen LogP contribution in [-0.2, 0) is 4.79 Å². The monoisotopic (exact) mass is 275 g/mol. The van der Waals surface area contributed by atoms with Gasteiger partial charge in [-0.05, 0) is 37.1 Å². The second kappa shape index (κ2) is 6.18. The van der Waals surface area contributed by atoms with Gasteiger partial charge in [-0.1, -0.05) is 0 Å². The summed E-state index contributed by atoms with van der Waals surface area (Å²) in [5, 5.41) is 5.45. The third-order valence-electron chi connectivity index (χ3n) is 3.09.